The van der Waals surface area contributed by atoms with Gasteiger partial charge in [-0.05, 0) is 85.0 Å². The van der Waals surface area contributed by atoms with E-state index in [-0.39, 0.29) is 23.5 Å². The molecule has 1 N–H and O–H groups in total. The van der Waals surface area contributed by atoms with E-state index in [9.17, 15) is 8.42 Å². The van der Waals surface area contributed by atoms with Gasteiger partial charge in [-0.25, -0.2) is 8.42 Å². The molecule has 1 aliphatic carbocycles. The maximum Gasteiger partial charge on any atom is 0.243 e. The molecule has 8 heteroatoms. The van der Waals surface area contributed by atoms with Crippen molar-refractivity contribution < 1.29 is 13.2 Å². The van der Waals surface area contributed by atoms with Crippen molar-refractivity contribution in [1.82, 2.24) is 14.6 Å². The monoisotopic (exact) mass is 564 g/mol. The Bertz CT molecular complexity index is 1640. The number of hydrogen-bond donors (Lipinski definition) is 1. The summed E-state index contributed by atoms with van der Waals surface area (Å²) in [7, 11) is -3.86. The summed E-state index contributed by atoms with van der Waals surface area (Å²) in [5.74, 6) is 0.861. The Hall–Kier alpha value is -4.45. The summed E-state index contributed by atoms with van der Waals surface area (Å²) < 4.78 is 34.3. The molecule has 1 fully saturated rings. The second-order valence-electron chi connectivity index (χ2n) is 10.1. The summed E-state index contributed by atoms with van der Waals surface area (Å²) in [5, 5.41) is 12.7. The first-order chi connectivity index (χ1) is 19.8. The summed E-state index contributed by atoms with van der Waals surface area (Å²) >= 11 is 0. The number of hydrogen-bond acceptors (Lipinski definition) is 6. The molecule has 0 aliphatic heterocycles. The number of aromatic nitrogens is 1. The number of sulfonamides is 1. The first-order valence-electron chi connectivity index (χ1n) is 13.5. The van der Waals surface area contributed by atoms with Crippen LogP contribution in [0.5, 0.6) is 5.75 Å². The maximum absolute atomic E-state index is 13.7. The molecule has 0 unspecified atom stereocenters. The number of benzene rings is 3. The molecule has 0 saturated heterocycles. The molecule has 0 bridgehead atoms. The molecular formula is C33H32N4O3S. The van der Waals surface area contributed by atoms with Crippen molar-refractivity contribution in [3.05, 3.63) is 132 Å². The molecule has 208 valence electrons. The van der Waals surface area contributed by atoms with Crippen LogP contribution in [0, 0.1) is 11.3 Å². The lowest BCUT2D eigenvalue weighted by Gasteiger charge is -2.23. The first-order valence-corrected chi connectivity index (χ1v) is 15.0. The zero-order chi connectivity index (χ0) is 28.9. The van der Waals surface area contributed by atoms with Gasteiger partial charge in [-0.3, -0.25) is 4.98 Å². The van der Waals surface area contributed by atoms with E-state index in [2.05, 4.69) is 29.0 Å². The zero-order valence-electron chi connectivity index (χ0n) is 23.0. The molecule has 0 spiro atoms. The number of nitrogens with one attached hydrogen (secondary N) is 1. The fraction of sp³-hybridized carbons (Fsp3) is 0.212. The van der Waals surface area contributed by atoms with Crippen LogP contribution in [-0.2, 0) is 28.7 Å². The molecule has 0 amide bonds. The Labute approximate surface area is 241 Å². The van der Waals surface area contributed by atoms with Crippen molar-refractivity contribution in [3.8, 4) is 11.8 Å². The lowest BCUT2D eigenvalue weighted by molar-refractivity contribution is 0.340. The molecule has 0 atom stereocenters. The summed E-state index contributed by atoms with van der Waals surface area (Å²) in [6, 6.07) is 29.4. The van der Waals surface area contributed by atoms with E-state index in [0.717, 1.165) is 35.4 Å². The lowest BCUT2D eigenvalue weighted by Crippen LogP contribution is -2.30. The number of ether oxygens (including phenoxy) is 1. The summed E-state index contributed by atoms with van der Waals surface area (Å²) in [4.78, 5) is 4.47. The minimum Gasteiger partial charge on any atom is -0.494 e. The number of nitriles is 1. The summed E-state index contributed by atoms with van der Waals surface area (Å²) in [5.41, 5.74) is 4.72. The fourth-order valence-electron chi connectivity index (χ4n) is 4.77. The average molecular weight is 565 g/mol. The molecule has 1 aromatic heterocycles. The van der Waals surface area contributed by atoms with Gasteiger partial charge in [0.05, 0.1) is 40.9 Å². The van der Waals surface area contributed by atoms with E-state index in [1.807, 2.05) is 55.5 Å². The molecule has 0 radical (unpaired) electrons. The quantitative estimate of drug-likeness (QED) is 0.227. The van der Waals surface area contributed by atoms with Gasteiger partial charge in [-0.2, -0.15) is 9.57 Å². The van der Waals surface area contributed by atoms with Gasteiger partial charge in [0.2, 0.25) is 10.0 Å². The second kappa shape index (κ2) is 12.0. The van der Waals surface area contributed by atoms with Gasteiger partial charge in [0.25, 0.3) is 0 Å². The summed E-state index contributed by atoms with van der Waals surface area (Å²) in [6.07, 6.45) is 3.69. The molecule has 1 heterocycles. The van der Waals surface area contributed by atoms with E-state index in [1.54, 1.807) is 18.3 Å². The predicted octanol–water partition coefficient (Wildman–Crippen LogP) is 5.99. The van der Waals surface area contributed by atoms with E-state index in [4.69, 9.17) is 10.00 Å². The second-order valence-corrected chi connectivity index (χ2v) is 12.0. The van der Waals surface area contributed by atoms with Crippen LogP contribution in [-0.4, -0.2) is 24.3 Å². The van der Waals surface area contributed by atoms with Gasteiger partial charge in [0.15, 0.2) is 0 Å². The Morgan fingerprint density at radius 2 is 1.71 bits per heavy atom. The van der Waals surface area contributed by atoms with Crippen LogP contribution in [0.3, 0.4) is 0 Å². The minimum atomic E-state index is -3.86. The number of pyridine rings is 1. The third kappa shape index (κ3) is 6.49. The molecule has 1 saturated carbocycles. The topological polar surface area (TPSA) is 95.3 Å². The number of nitrogens with zero attached hydrogens (tertiary/aromatic N) is 3. The van der Waals surface area contributed by atoms with Gasteiger partial charge in [0.1, 0.15) is 5.75 Å². The maximum atomic E-state index is 13.7. The van der Waals surface area contributed by atoms with Gasteiger partial charge in [-0.1, -0.05) is 49.0 Å². The SMILES string of the molecule is C=C(NC1(c2ccc(OCC)cc2)CC1)c1ccc(CN(Cc2ccccn2)S(=O)(=O)c2ccc(C#N)cc2)cc1. The highest BCUT2D eigenvalue weighted by atomic mass is 32.2. The van der Waals surface area contributed by atoms with Crippen molar-refractivity contribution in [2.75, 3.05) is 6.61 Å². The molecule has 4 aromatic rings. The highest BCUT2D eigenvalue weighted by molar-refractivity contribution is 7.89. The van der Waals surface area contributed by atoms with Gasteiger partial charge < -0.3 is 10.1 Å². The van der Waals surface area contributed by atoms with E-state index >= 15 is 0 Å². The van der Waals surface area contributed by atoms with E-state index in [0.29, 0.717) is 17.9 Å². The van der Waals surface area contributed by atoms with Gasteiger partial charge in [0, 0.05) is 18.4 Å². The molecule has 5 rings (SSSR count). The smallest absolute Gasteiger partial charge is 0.243 e. The molecule has 41 heavy (non-hydrogen) atoms. The normalized spacial score (nSPS) is 13.8. The standard InChI is InChI=1S/C33H32N4O3S/c1-3-40-31-15-13-29(14-16-31)33(19-20-33)36-25(2)28-11-7-27(8-12-28)23-37(24-30-6-4-5-21-35-30)41(38,39)32-17-9-26(22-34)10-18-32/h4-18,21,36H,2-3,19-20,23-24H2,1H3. The van der Waals surface area contributed by atoms with E-state index in [1.165, 1.54) is 34.1 Å². The minimum absolute atomic E-state index is 0.115. The molecule has 3 aromatic carbocycles. The van der Waals surface area contributed by atoms with Gasteiger partial charge >= 0.3 is 0 Å². The summed E-state index contributed by atoms with van der Waals surface area (Å²) in [6.45, 7) is 7.17. The van der Waals surface area contributed by atoms with E-state index < -0.39 is 10.0 Å². The highest BCUT2D eigenvalue weighted by Crippen LogP contribution is 2.47. The molecular weight excluding hydrogens is 532 g/mol. The lowest BCUT2D eigenvalue weighted by atomic mass is 10.0. The van der Waals surface area contributed by atoms with Crippen LogP contribution in [0.25, 0.3) is 5.70 Å². The Morgan fingerprint density at radius 1 is 1.00 bits per heavy atom. The van der Waals surface area contributed by atoms with Crippen LogP contribution in [0.1, 0.15) is 47.7 Å². The van der Waals surface area contributed by atoms with Crippen molar-refractivity contribution in [2.45, 2.75) is 43.3 Å². The molecule has 7 nitrogen and oxygen atoms in total. The van der Waals surface area contributed by atoms with Crippen LogP contribution < -0.4 is 10.1 Å². The third-order valence-corrected chi connectivity index (χ3v) is 9.01. The van der Waals surface area contributed by atoms with Crippen LogP contribution in [0.2, 0.25) is 0 Å². The largest absolute Gasteiger partial charge is 0.494 e. The van der Waals surface area contributed by atoms with Crippen molar-refractivity contribution in [3.63, 3.8) is 0 Å². The van der Waals surface area contributed by atoms with Crippen LogP contribution in [0.4, 0.5) is 0 Å². The fourth-order valence-corrected chi connectivity index (χ4v) is 6.17. The predicted molar refractivity (Wildman–Crippen MR) is 159 cm³/mol. The van der Waals surface area contributed by atoms with Crippen LogP contribution in [0.15, 0.2) is 109 Å². The average Bonchev–Trinajstić information content (AvgIpc) is 3.78. The Kier molecular flexibility index (Phi) is 8.20. The van der Waals surface area contributed by atoms with Gasteiger partial charge in [-0.15, -0.1) is 0 Å². The first kappa shape index (κ1) is 28.1. The van der Waals surface area contributed by atoms with Crippen molar-refractivity contribution in [1.29, 1.82) is 5.26 Å². The highest BCUT2D eigenvalue weighted by Gasteiger charge is 2.44. The Morgan fingerprint density at radius 3 is 2.29 bits per heavy atom. The van der Waals surface area contributed by atoms with Crippen molar-refractivity contribution in [2.24, 2.45) is 0 Å². The third-order valence-electron chi connectivity index (χ3n) is 7.21. The number of rotatable bonds is 12. The Balaban J connectivity index is 1.32. The van der Waals surface area contributed by atoms with Crippen molar-refractivity contribution >= 4 is 15.7 Å². The zero-order valence-corrected chi connectivity index (χ0v) is 23.8. The van der Waals surface area contributed by atoms with Crippen LogP contribution >= 0.6 is 0 Å². The molecule has 1 aliphatic rings.